The number of amides is 1. The Morgan fingerprint density at radius 3 is 2.28 bits per heavy atom. The second kappa shape index (κ2) is 13.9. The smallest absolute Gasteiger partial charge is 0.338 e. The molecule has 4 saturated carbocycles. The molecule has 0 radical (unpaired) electrons. The van der Waals surface area contributed by atoms with E-state index >= 15 is 0 Å². The minimum Gasteiger partial charge on any atom is -0.494 e. The van der Waals surface area contributed by atoms with Gasteiger partial charge in [-0.1, -0.05) is 36.9 Å². The first kappa shape index (κ1) is 32.8. The first-order valence-corrected chi connectivity index (χ1v) is 17.4. The summed E-state index contributed by atoms with van der Waals surface area (Å²) in [4.78, 5) is 30.3. The summed E-state index contributed by atoms with van der Waals surface area (Å²) in [5.41, 5.74) is 7.11. The molecule has 5 aliphatic rings. The number of unbranched alkanes of at least 4 members (excludes halogenated alkanes) is 1. The van der Waals surface area contributed by atoms with Gasteiger partial charge in [0.05, 0.1) is 12.2 Å². The molecule has 1 atom stereocenters. The molecule has 0 aromatic heterocycles. The normalized spacial score (nSPS) is 26.8. The number of hydroxylamine groups is 1. The highest BCUT2D eigenvalue weighted by atomic mass is 16.8. The summed E-state index contributed by atoms with van der Waals surface area (Å²) in [5, 5.41) is 0. The van der Waals surface area contributed by atoms with E-state index in [0.717, 1.165) is 66.7 Å². The molecular weight excluding hydrogens is 578 g/mol. The number of hydrogen-bond donors (Lipinski definition) is 1. The fourth-order valence-corrected chi connectivity index (χ4v) is 8.62. The van der Waals surface area contributed by atoms with Crippen molar-refractivity contribution < 1.29 is 28.6 Å². The zero-order valence-electron chi connectivity index (χ0n) is 27.9. The zero-order chi connectivity index (χ0) is 32.3. The van der Waals surface area contributed by atoms with Crippen molar-refractivity contribution in [1.29, 1.82) is 0 Å². The predicted octanol–water partition coefficient (Wildman–Crippen LogP) is 8.30. The lowest BCUT2D eigenvalue weighted by Gasteiger charge is -2.57. The summed E-state index contributed by atoms with van der Waals surface area (Å²) in [5.74, 6) is 2.85. The van der Waals surface area contributed by atoms with Crippen molar-refractivity contribution >= 4 is 17.4 Å². The minimum absolute atomic E-state index is 0.122. The topological polar surface area (TPSA) is 83.1 Å². The number of nitrogens with one attached hydrogen (secondary N) is 1. The molecule has 1 heterocycles. The summed E-state index contributed by atoms with van der Waals surface area (Å²) < 4.78 is 17.4. The highest BCUT2D eigenvalue weighted by molar-refractivity contribution is 6.15. The first-order valence-electron chi connectivity index (χ1n) is 17.4. The lowest BCUT2D eigenvalue weighted by atomic mass is 9.47. The molecule has 2 aromatic rings. The van der Waals surface area contributed by atoms with Crippen LogP contribution in [0.15, 0.2) is 49.0 Å². The van der Waals surface area contributed by atoms with Crippen LogP contribution in [0.4, 0.5) is 0 Å². The number of hydrogen-bond acceptors (Lipinski definition) is 6. The van der Waals surface area contributed by atoms with Gasteiger partial charge in [0.15, 0.2) is 6.29 Å². The zero-order valence-corrected chi connectivity index (χ0v) is 27.9. The van der Waals surface area contributed by atoms with Crippen molar-refractivity contribution in [3.05, 3.63) is 60.2 Å². The number of carbonyl (C=O) groups excluding carboxylic acids is 2. The van der Waals surface area contributed by atoms with Crippen LogP contribution in [0.2, 0.25) is 0 Å². The summed E-state index contributed by atoms with van der Waals surface area (Å²) in [6.45, 7) is 10.9. The van der Waals surface area contributed by atoms with Crippen molar-refractivity contribution in [2.45, 2.75) is 115 Å². The summed E-state index contributed by atoms with van der Waals surface area (Å²) in [6.07, 6.45) is 12.4. The Labute approximate surface area is 274 Å². The molecule has 1 aliphatic heterocycles. The molecule has 1 amide bonds. The Morgan fingerprint density at radius 2 is 1.65 bits per heavy atom. The van der Waals surface area contributed by atoms with Crippen LogP contribution in [0, 0.1) is 17.8 Å². The molecule has 5 fully saturated rings. The van der Waals surface area contributed by atoms with Crippen molar-refractivity contribution in [1.82, 2.24) is 5.48 Å². The van der Waals surface area contributed by atoms with Gasteiger partial charge in [-0.05, 0) is 143 Å². The lowest BCUT2D eigenvalue weighted by molar-refractivity contribution is -0.200. The molecule has 7 heteroatoms. The third-order valence-corrected chi connectivity index (χ3v) is 10.3. The largest absolute Gasteiger partial charge is 0.494 e. The maximum absolute atomic E-state index is 12.6. The standard InChI is InChI=1S/C39H51NO6/c1-26(37(42)45-38(2,3)4)30-11-13-31(14-12-30)33-16-15-32(22-34(33)39-23-27-19-28(24-39)21-29(20-27)25-39)43-17-7-5-9-35(41)40-46-36-10-6-8-18-44-36/h11-16,22,27-29,36H,1,5-10,17-21,23-25H2,2-4H3,(H,40,41). The summed E-state index contributed by atoms with van der Waals surface area (Å²) >= 11 is 0. The van der Waals surface area contributed by atoms with Gasteiger partial charge < -0.3 is 14.2 Å². The Hall–Kier alpha value is -3.16. The van der Waals surface area contributed by atoms with Gasteiger partial charge in [0.25, 0.3) is 0 Å². The predicted molar refractivity (Wildman–Crippen MR) is 179 cm³/mol. The molecule has 0 spiro atoms. The third kappa shape index (κ3) is 7.86. The van der Waals surface area contributed by atoms with Crippen LogP contribution in [0.25, 0.3) is 16.7 Å². The van der Waals surface area contributed by atoms with Crippen LogP contribution in [-0.2, 0) is 29.3 Å². The average Bonchev–Trinajstić information content (AvgIpc) is 3.02. The van der Waals surface area contributed by atoms with Crippen molar-refractivity contribution in [3.8, 4) is 16.9 Å². The Kier molecular flexibility index (Phi) is 9.91. The molecule has 2 aromatic carbocycles. The van der Waals surface area contributed by atoms with Gasteiger partial charge in [-0.25, -0.2) is 15.1 Å². The Bertz CT molecular complexity index is 1370. The molecule has 46 heavy (non-hydrogen) atoms. The molecule has 4 bridgehead atoms. The van der Waals surface area contributed by atoms with E-state index in [1.807, 2.05) is 32.9 Å². The Morgan fingerprint density at radius 1 is 0.957 bits per heavy atom. The number of rotatable bonds is 12. The lowest BCUT2D eigenvalue weighted by Crippen LogP contribution is -2.48. The maximum atomic E-state index is 12.6. The number of esters is 1. The second-order valence-electron chi connectivity index (χ2n) is 15.2. The van der Waals surface area contributed by atoms with Gasteiger partial charge in [0, 0.05) is 19.4 Å². The average molecular weight is 630 g/mol. The van der Waals surface area contributed by atoms with Crippen molar-refractivity contribution in [2.75, 3.05) is 13.2 Å². The molecule has 1 saturated heterocycles. The number of carbonyl (C=O) groups is 2. The number of benzene rings is 2. The van der Waals surface area contributed by atoms with E-state index in [1.165, 1.54) is 49.7 Å². The van der Waals surface area contributed by atoms with Crippen LogP contribution in [-0.4, -0.2) is 37.0 Å². The van der Waals surface area contributed by atoms with Gasteiger partial charge in [-0.3, -0.25) is 4.79 Å². The molecule has 1 N–H and O–H groups in total. The highest BCUT2D eigenvalue weighted by Gasteiger charge is 2.52. The second-order valence-corrected chi connectivity index (χ2v) is 15.2. The van der Waals surface area contributed by atoms with Crippen LogP contribution < -0.4 is 10.2 Å². The fourth-order valence-electron chi connectivity index (χ4n) is 8.62. The Balaban J connectivity index is 1.13. The van der Waals surface area contributed by atoms with E-state index in [4.69, 9.17) is 19.0 Å². The van der Waals surface area contributed by atoms with Crippen LogP contribution in [0.5, 0.6) is 5.75 Å². The SMILES string of the molecule is C=C(C(=O)OC(C)(C)C)c1ccc(-c2ccc(OCCCCC(=O)NOC3CCCCO3)cc2C23CC4CC(CC(C4)C2)C3)cc1. The molecule has 7 nitrogen and oxygen atoms in total. The van der Waals surface area contributed by atoms with Crippen molar-refractivity contribution in [3.63, 3.8) is 0 Å². The fraction of sp³-hybridized carbons (Fsp3) is 0.590. The van der Waals surface area contributed by atoms with Crippen LogP contribution in [0.3, 0.4) is 0 Å². The van der Waals surface area contributed by atoms with Crippen LogP contribution in [0.1, 0.15) is 109 Å². The van der Waals surface area contributed by atoms with Gasteiger partial charge >= 0.3 is 5.97 Å². The van der Waals surface area contributed by atoms with E-state index < -0.39 is 5.60 Å². The van der Waals surface area contributed by atoms with E-state index in [1.54, 1.807) is 0 Å². The minimum atomic E-state index is -0.565. The summed E-state index contributed by atoms with van der Waals surface area (Å²) in [7, 11) is 0. The molecule has 1 unspecified atom stereocenters. The van der Waals surface area contributed by atoms with E-state index in [9.17, 15) is 9.59 Å². The van der Waals surface area contributed by atoms with E-state index in [0.29, 0.717) is 25.2 Å². The highest BCUT2D eigenvalue weighted by Crippen LogP contribution is 2.62. The van der Waals surface area contributed by atoms with Gasteiger partial charge in [-0.2, -0.15) is 0 Å². The van der Waals surface area contributed by atoms with Crippen molar-refractivity contribution in [2.24, 2.45) is 17.8 Å². The van der Waals surface area contributed by atoms with Crippen LogP contribution >= 0.6 is 0 Å². The molecular formula is C39H51NO6. The molecule has 248 valence electrons. The quantitative estimate of drug-likeness (QED) is 0.110. The first-order chi connectivity index (χ1) is 22.1. The monoisotopic (exact) mass is 629 g/mol. The number of ether oxygens (including phenoxy) is 3. The molecule has 7 rings (SSSR count). The van der Waals surface area contributed by atoms with Gasteiger partial charge in [-0.15, -0.1) is 0 Å². The van der Waals surface area contributed by atoms with Gasteiger partial charge in [0.2, 0.25) is 5.91 Å². The molecule has 4 aliphatic carbocycles. The maximum Gasteiger partial charge on any atom is 0.338 e. The van der Waals surface area contributed by atoms with Gasteiger partial charge in [0.1, 0.15) is 11.4 Å². The third-order valence-electron chi connectivity index (χ3n) is 10.3. The van der Waals surface area contributed by atoms with E-state index in [2.05, 4.69) is 42.4 Å². The van der Waals surface area contributed by atoms with E-state index in [-0.39, 0.29) is 23.6 Å². The summed E-state index contributed by atoms with van der Waals surface area (Å²) in [6, 6.07) is 14.8.